The molecule has 0 spiro atoms. The van der Waals surface area contributed by atoms with Gasteiger partial charge in [-0.3, -0.25) is 4.79 Å². The van der Waals surface area contributed by atoms with Crippen molar-refractivity contribution in [2.45, 2.75) is 44.1 Å². The van der Waals surface area contributed by atoms with Crippen LogP contribution in [0.4, 0.5) is 5.69 Å². The molecule has 2 fully saturated rings. The Morgan fingerprint density at radius 3 is 2.92 bits per heavy atom. The molecule has 1 amide bonds. The van der Waals surface area contributed by atoms with Gasteiger partial charge in [-0.05, 0) is 60.7 Å². The molecule has 0 radical (unpaired) electrons. The number of tetrazole rings is 1. The molecule has 1 aromatic heterocycles. The van der Waals surface area contributed by atoms with Gasteiger partial charge in [0.15, 0.2) is 5.82 Å². The summed E-state index contributed by atoms with van der Waals surface area (Å²) in [5, 5.41) is 15.3. The summed E-state index contributed by atoms with van der Waals surface area (Å²) in [6.45, 7) is 0.638. The Bertz CT molecular complexity index is 753. The van der Waals surface area contributed by atoms with Gasteiger partial charge in [-0.25, -0.2) is 0 Å². The lowest BCUT2D eigenvalue weighted by Crippen LogP contribution is -2.33. The van der Waals surface area contributed by atoms with Crippen molar-refractivity contribution in [3.8, 4) is 5.69 Å². The average molecular weight is 348 g/mol. The molecule has 1 N–H and O–H groups in total. The number of rotatable bonds is 4. The second-order valence-corrected chi connectivity index (χ2v) is 6.64. The molecule has 1 saturated carbocycles. The number of amides is 1. The normalized spacial score (nSPS) is 20.8. The summed E-state index contributed by atoms with van der Waals surface area (Å²) in [7, 11) is 0. The molecule has 1 aliphatic carbocycles. The quantitative estimate of drug-likeness (QED) is 0.919. The van der Waals surface area contributed by atoms with Crippen LogP contribution in [0.1, 0.15) is 43.8 Å². The molecule has 2 aromatic rings. The smallest absolute Gasteiger partial charge is 0.253 e. The van der Waals surface area contributed by atoms with Crippen molar-refractivity contribution >= 4 is 23.2 Å². The highest BCUT2D eigenvalue weighted by atomic mass is 35.5. The van der Waals surface area contributed by atoms with Crippen molar-refractivity contribution in [3.63, 3.8) is 0 Å². The number of aromatic nitrogens is 4. The van der Waals surface area contributed by atoms with Crippen molar-refractivity contribution in [2.75, 3.05) is 11.9 Å². The standard InChI is InChI=1S/C16H18ClN5O2/c17-12-7-6-11(18-16(23)14-3-1-2-8-24-14)9-13(12)22-15(10-4-5-10)19-20-21-22/h6-7,9-10,14H,1-5,8H2,(H,18,23). The molecular formula is C16H18ClN5O2. The van der Waals surface area contributed by atoms with Crippen LogP contribution in [0, 0.1) is 0 Å². The van der Waals surface area contributed by atoms with Gasteiger partial charge in [0, 0.05) is 18.2 Å². The fourth-order valence-corrected chi connectivity index (χ4v) is 3.08. The number of halogens is 1. The molecule has 2 heterocycles. The van der Waals surface area contributed by atoms with E-state index in [-0.39, 0.29) is 12.0 Å². The highest BCUT2D eigenvalue weighted by molar-refractivity contribution is 6.32. The third-order valence-electron chi connectivity index (χ3n) is 4.35. The number of nitrogens with one attached hydrogen (secondary N) is 1. The Hall–Kier alpha value is -1.99. The zero-order valence-corrected chi connectivity index (χ0v) is 13.9. The molecule has 1 atom stereocenters. The highest BCUT2D eigenvalue weighted by Gasteiger charge is 2.30. The van der Waals surface area contributed by atoms with Crippen LogP contribution in [-0.2, 0) is 9.53 Å². The lowest BCUT2D eigenvalue weighted by atomic mass is 10.1. The molecule has 7 nitrogen and oxygen atoms in total. The Morgan fingerprint density at radius 1 is 1.29 bits per heavy atom. The SMILES string of the molecule is O=C(Nc1ccc(Cl)c(-n2nnnc2C2CC2)c1)C1CCCCO1. The topological polar surface area (TPSA) is 81.9 Å². The van der Waals surface area contributed by atoms with Crippen LogP contribution in [0.3, 0.4) is 0 Å². The van der Waals surface area contributed by atoms with E-state index in [1.54, 1.807) is 22.9 Å². The number of benzene rings is 1. The van der Waals surface area contributed by atoms with Gasteiger partial charge in [0.25, 0.3) is 5.91 Å². The highest BCUT2D eigenvalue weighted by Crippen LogP contribution is 2.40. The molecular weight excluding hydrogens is 330 g/mol. The summed E-state index contributed by atoms with van der Waals surface area (Å²) in [6.07, 6.45) is 4.58. The van der Waals surface area contributed by atoms with Gasteiger partial charge in [-0.2, -0.15) is 4.68 Å². The van der Waals surface area contributed by atoms with Gasteiger partial charge in [0.1, 0.15) is 6.10 Å². The molecule has 2 aliphatic rings. The fourth-order valence-electron chi connectivity index (χ4n) is 2.88. The summed E-state index contributed by atoms with van der Waals surface area (Å²) in [5.41, 5.74) is 1.33. The van der Waals surface area contributed by atoms with E-state index in [1.807, 2.05) is 0 Å². The number of hydrogen-bond acceptors (Lipinski definition) is 5. The van der Waals surface area contributed by atoms with Gasteiger partial charge >= 0.3 is 0 Å². The van der Waals surface area contributed by atoms with E-state index in [0.717, 1.165) is 37.9 Å². The number of anilines is 1. The zero-order chi connectivity index (χ0) is 16.5. The van der Waals surface area contributed by atoms with Crippen LogP contribution in [0.15, 0.2) is 18.2 Å². The first-order chi connectivity index (χ1) is 11.7. The fraction of sp³-hybridized carbons (Fsp3) is 0.500. The maximum Gasteiger partial charge on any atom is 0.253 e. The van der Waals surface area contributed by atoms with Crippen molar-refractivity contribution in [3.05, 3.63) is 29.0 Å². The van der Waals surface area contributed by atoms with E-state index < -0.39 is 0 Å². The Balaban J connectivity index is 1.57. The zero-order valence-electron chi connectivity index (χ0n) is 13.1. The van der Waals surface area contributed by atoms with E-state index in [1.165, 1.54) is 0 Å². The molecule has 1 aliphatic heterocycles. The van der Waals surface area contributed by atoms with Gasteiger partial charge in [-0.1, -0.05) is 11.6 Å². The largest absolute Gasteiger partial charge is 0.368 e. The Morgan fingerprint density at radius 2 is 2.17 bits per heavy atom. The Kier molecular flexibility index (Phi) is 4.20. The second-order valence-electron chi connectivity index (χ2n) is 6.23. The van der Waals surface area contributed by atoms with Crippen molar-refractivity contribution in [1.82, 2.24) is 20.2 Å². The summed E-state index contributed by atoms with van der Waals surface area (Å²) in [4.78, 5) is 12.3. The second kappa shape index (κ2) is 6.49. The summed E-state index contributed by atoms with van der Waals surface area (Å²) >= 11 is 6.32. The van der Waals surface area contributed by atoms with Crippen LogP contribution in [0.25, 0.3) is 5.69 Å². The molecule has 126 valence electrons. The predicted octanol–water partition coefficient (Wildman–Crippen LogP) is 2.70. The number of carbonyl (C=O) groups excluding carboxylic acids is 1. The lowest BCUT2D eigenvalue weighted by Gasteiger charge is -2.21. The molecule has 0 bridgehead atoms. The van der Waals surface area contributed by atoms with E-state index in [2.05, 4.69) is 20.8 Å². The van der Waals surface area contributed by atoms with Gasteiger partial charge < -0.3 is 10.1 Å². The van der Waals surface area contributed by atoms with Crippen molar-refractivity contribution in [2.24, 2.45) is 0 Å². The van der Waals surface area contributed by atoms with Gasteiger partial charge in [-0.15, -0.1) is 5.10 Å². The van der Waals surface area contributed by atoms with Crippen LogP contribution in [0.5, 0.6) is 0 Å². The van der Waals surface area contributed by atoms with Crippen LogP contribution >= 0.6 is 11.6 Å². The molecule has 4 rings (SSSR count). The predicted molar refractivity (Wildman–Crippen MR) is 88.4 cm³/mol. The first kappa shape index (κ1) is 15.5. The first-order valence-corrected chi connectivity index (χ1v) is 8.61. The molecule has 24 heavy (non-hydrogen) atoms. The minimum absolute atomic E-state index is 0.123. The third-order valence-corrected chi connectivity index (χ3v) is 4.67. The van der Waals surface area contributed by atoms with E-state index in [9.17, 15) is 4.79 Å². The van der Waals surface area contributed by atoms with Gasteiger partial charge in [0.05, 0.1) is 10.7 Å². The molecule has 8 heteroatoms. The molecule has 1 unspecified atom stereocenters. The maximum absolute atomic E-state index is 12.3. The first-order valence-electron chi connectivity index (χ1n) is 8.23. The number of nitrogens with zero attached hydrogens (tertiary/aromatic N) is 4. The van der Waals surface area contributed by atoms with Crippen LogP contribution < -0.4 is 5.32 Å². The summed E-state index contributed by atoms with van der Waals surface area (Å²) in [6, 6.07) is 5.31. The molecule has 1 saturated heterocycles. The third kappa shape index (κ3) is 3.14. The minimum atomic E-state index is -0.382. The average Bonchev–Trinajstić information content (AvgIpc) is 3.34. The van der Waals surface area contributed by atoms with E-state index >= 15 is 0 Å². The molecule has 1 aromatic carbocycles. The van der Waals surface area contributed by atoms with Crippen molar-refractivity contribution < 1.29 is 9.53 Å². The Labute approximate surface area is 144 Å². The van der Waals surface area contributed by atoms with Gasteiger partial charge in [0.2, 0.25) is 0 Å². The van der Waals surface area contributed by atoms with Crippen molar-refractivity contribution in [1.29, 1.82) is 0 Å². The van der Waals surface area contributed by atoms with E-state index in [4.69, 9.17) is 16.3 Å². The minimum Gasteiger partial charge on any atom is -0.368 e. The van der Waals surface area contributed by atoms with E-state index in [0.29, 0.717) is 28.9 Å². The lowest BCUT2D eigenvalue weighted by molar-refractivity contribution is -0.129. The number of carbonyl (C=O) groups is 1. The summed E-state index contributed by atoms with van der Waals surface area (Å²) < 4.78 is 7.18. The number of hydrogen-bond donors (Lipinski definition) is 1. The van der Waals surface area contributed by atoms with Crippen LogP contribution in [0.2, 0.25) is 5.02 Å². The monoisotopic (exact) mass is 347 g/mol. The maximum atomic E-state index is 12.3. The van der Waals surface area contributed by atoms with Crippen LogP contribution in [-0.4, -0.2) is 38.8 Å². The summed E-state index contributed by atoms with van der Waals surface area (Å²) in [5.74, 6) is 1.09. The number of ether oxygens (including phenoxy) is 1.